The maximum atomic E-state index is 5.56. The van der Waals surface area contributed by atoms with Crippen molar-refractivity contribution in [2.75, 3.05) is 20.1 Å². The highest BCUT2D eigenvalue weighted by molar-refractivity contribution is 5.02. The molecule has 0 aliphatic carbocycles. The van der Waals surface area contributed by atoms with E-state index < -0.39 is 0 Å². The van der Waals surface area contributed by atoms with Gasteiger partial charge >= 0.3 is 0 Å². The molecule has 0 atom stereocenters. The Labute approximate surface area is 97.4 Å². The number of aryl methyl sites for hydroxylation is 1. The first-order valence-corrected chi connectivity index (χ1v) is 6.18. The molecule has 1 aromatic heterocycles. The largest absolute Gasteiger partial charge is 0.326 e. The molecule has 0 amide bonds. The standard InChI is InChI=1S/C12H22N4/c1-15-5-2-11(3-6-15)4-7-16-10-12(8-13)9-14-16/h9-11H,2-8,13H2,1H3. The van der Waals surface area contributed by atoms with Gasteiger partial charge in [0.1, 0.15) is 0 Å². The lowest BCUT2D eigenvalue weighted by Gasteiger charge is -2.28. The lowest BCUT2D eigenvalue weighted by atomic mass is 9.94. The van der Waals surface area contributed by atoms with Gasteiger partial charge in [-0.25, -0.2) is 0 Å². The molecular weight excluding hydrogens is 200 g/mol. The minimum atomic E-state index is 0.591. The maximum Gasteiger partial charge on any atom is 0.0534 e. The van der Waals surface area contributed by atoms with Gasteiger partial charge in [0.15, 0.2) is 0 Å². The quantitative estimate of drug-likeness (QED) is 0.829. The van der Waals surface area contributed by atoms with Gasteiger partial charge in [-0.1, -0.05) is 0 Å². The van der Waals surface area contributed by atoms with Crippen LogP contribution in [0.5, 0.6) is 0 Å². The SMILES string of the molecule is CN1CCC(CCn2cc(CN)cn2)CC1. The van der Waals surface area contributed by atoms with Crippen LogP contribution >= 0.6 is 0 Å². The predicted molar refractivity (Wildman–Crippen MR) is 65.0 cm³/mol. The number of likely N-dealkylation sites (tertiary alicyclic amines) is 1. The molecule has 0 spiro atoms. The van der Waals surface area contributed by atoms with E-state index in [-0.39, 0.29) is 0 Å². The van der Waals surface area contributed by atoms with Crippen molar-refractivity contribution >= 4 is 0 Å². The van der Waals surface area contributed by atoms with Crippen LogP contribution in [0.25, 0.3) is 0 Å². The van der Waals surface area contributed by atoms with E-state index in [1.165, 1.54) is 32.4 Å². The van der Waals surface area contributed by atoms with Crippen molar-refractivity contribution in [3.63, 3.8) is 0 Å². The molecule has 1 aliphatic rings. The summed E-state index contributed by atoms with van der Waals surface area (Å²) in [6.45, 7) is 4.12. The minimum Gasteiger partial charge on any atom is -0.326 e. The summed E-state index contributed by atoms with van der Waals surface area (Å²) in [6.07, 6.45) is 7.85. The molecule has 4 heteroatoms. The molecule has 0 radical (unpaired) electrons. The molecule has 90 valence electrons. The van der Waals surface area contributed by atoms with E-state index in [1.54, 1.807) is 0 Å². The summed E-state index contributed by atoms with van der Waals surface area (Å²) in [7, 11) is 2.21. The molecule has 0 bridgehead atoms. The molecule has 0 unspecified atom stereocenters. The molecule has 2 N–H and O–H groups in total. The average Bonchev–Trinajstić information content (AvgIpc) is 2.76. The van der Waals surface area contributed by atoms with Crippen LogP contribution in [0.2, 0.25) is 0 Å². The third kappa shape index (κ3) is 3.06. The Kier molecular flexibility index (Phi) is 3.96. The lowest BCUT2D eigenvalue weighted by molar-refractivity contribution is 0.206. The van der Waals surface area contributed by atoms with E-state index in [9.17, 15) is 0 Å². The van der Waals surface area contributed by atoms with Crippen LogP contribution < -0.4 is 5.73 Å². The number of hydrogen-bond donors (Lipinski definition) is 1. The van der Waals surface area contributed by atoms with Crippen LogP contribution in [0, 0.1) is 5.92 Å². The molecular formula is C12H22N4. The highest BCUT2D eigenvalue weighted by atomic mass is 15.3. The molecule has 0 aromatic carbocycles. The van der Waals surface area contributed by atoms with Gasteiger partial charge in [-0.05, 0) is 45.3 Å². The summed E-state index contributed by atoms with van der Waals surface area (Å²) in [5.41, 5.74) is 6.69. The molecule has 0 saturated carbocycles. The molecule has 2 heterocycles. The third-order valence-electron chi connectivity index (χ3n) is 3.53. The fraction of sp³-hybridized carbons (Fsp3) is 0.750. The van der Waals surface area contributed by atoms with E-state index in [0.717, 1.165) is 18.0 Å². The number of piperidine rings is 1. The zero-order chi connectivity index (χ0) is 11.4. The Bertz CT molecular complexity index is 313. The van der Waals surface area contributed by atoms with E-state index in [0.29, 0.717) is 6.54 Å². The van der Waals surface area contributed by atoms with Gasteiger partial charge in [0.05, 0.1) is 6.20 Å². The summed E-state index contributed by atoms with van der Waals surface area (Å²) in [5.74, 6) is 0.877. The molecule has 1 aliphatic heterocycles. The van der Waals surface area contributed by atoms with E-state index in [1.807, 2.05) is 10.9 Å². The second kappa shape index (κ2) is 5.46. The summed E-state index contributed by atoms with van der Waals surface area (Å²) >= 11 is 0. The zero-order valence-electron chi connectivity index (χ0n) is 10.1. The first kappa shape index (κ1) is 11.6. The van der Waals surface area contributed by atoms with E-state index >= 15 is 0 Å². The van der Waals surface area contributed by atoms with E-state index in [2.05, 4.69) is 23.2 Å². The minimum absolute atomic E-state index is 0.591. The molecule has 1 saturated heterocycles. The van der Waals surface area contributed by atoms with Crippen LogP contribution in [0.3, 0.4) is 0 Å². The molecule has 1 aromatic rings. The van der Waals surface area contributed by atoms with Gasteiger partial charge in [-0.15, -0.1) is 0 Å². The highest BCUT2D eigenvalue weighted by Crippen LogP contribution is 2.19. The summed E-state index contributed by atoms with van der Waals surface area (Å²) in [5, 5.41) is 4.31. The Balaban J connectivity index is 1.74. The van der Waals surface area contributed by atoms with Crippen molar-refractivity contribution in [1.29, 1.82) is 0 Å². The lowest BCUT2D eigenvalue weighted by Crippen LogP contribution is -2.30. The normalized spacial score (nSPS) is 19.1. The predicted octanol–water partition coefficient (Wildman–Crippen LogP) is 1.07. The number of aromatic nitrogens is 2. The van der Waals surface area contributed by atoms with Gasteiger partial charge in [0, 0.05) is 24.8 Å². The van der Waals surface area contributed by atoms with E-state index in [4.69, 9.17) is 5.73 Å². The molecule has 16 heavy (non-hydrogen) atoms. The van der Waals surface area contributed by atoms with Crippen LogP contribution in [0.1, 0.15) is 24.8 Å². The van der Waals surface area contributed by atoms with Crippen molar-refractivity contribution in [3.05, 3.63) is 18.0 Å². The number of nitrogens with zero attached hydrogens (tertiary/aromatic N) is 3. The first-order chi connectivity index (χ1) is 7.78. The summed E-state index contributed by atoms with van der Waals surface area (Å²) < 4.78 is 2.03. The van der Waals surface area contributed by atoms with Crippen LogP contribution in [-0.4, -0.2) is 34.8 Å². The second-order valence-corrected chi connectivity index (χ2v) is 4.85. The number of nitrogens with two attached hydrogens (primary N) is 1. The van der Waals surface area contributed by atoms with Gasteiger partial charge in [-0.2, -0.15) is 5.10 Å². The smallest absolute Gasteiger partial charge is 0.0534 e. The van der Waals surface area contributed by atoms with Crippen molar-refractivity contribution in [2.24, 2.45) is 11.7 Å². The summed E-state index contributed by atoms with van der Waals surface area (Å²) in [4.78, 5) is 2.41. The second-order valence-electron chi connectivity index (χ2n) is 4.85. The first-order valence-electron chi connectivity index (χ1n) is 6.18. The third-order valence-corrected chi connectivity index (χ3v) is 3.53. The average molecular weight is 222 g/mol. The molecule has 2 rings (SSSR count). The van der Waals surface area contributed by atoms with Crippen LogP contribution in [0.4, 0.5) is 0 Å². The van der Waals surface area contributed by atoms with Crippen molar-refractivity contribution in [2.45, 2.75) is 32.4 Å². The Morgan fingerprint density at radius 1 is 1.44 bits per heavy atom. The summed E-state index contributed by atoms with van der Waals surface area (Å²) in [6, 6.07) is 0. The highest BCUT2D eigenvalue weighted by Gasteiger charge is 2.16. The Morgan fingerprint density at radius 2 is 2.19 bits per heavy atom. The Morgan fingerprint density at radius 3 is 2.81 bits per heavy atom. The monoisotopic (exact) mass is 222 g/mol. The van der Waals surface area contributed by atoms with Crippen LogP contribution in [-0.2, 0) is 13.1 Å². The maximum absolute atomic E-state index is 5.56. The number of rotatable bonds is 4. The van der Waals surface area contributed by atoms with Gasteiger partial charge in [0.25, 0.3) is 0 Å². The fourth-order valence-electron chi connectivity index (χ4n) is 2.30. The Hall–Kier alpha value is -0.870. The van der Waals surface area contributed by atoms with Gasteiger partial charge < -0.3 is 10.6 Å². The van der Waals surface area contributed by atoms with Gasteiger partial charge in [0.2, 0.25) is 0 Å². The topological polar surface area (TPSA) is 47.1 Å². The van der Waals surface area contributed by atoms with Crippen molar-refractivity contribution in [3.8, 4) is 0 Å². The molecule has 1 fully saturated rings. The molecule has 4 nitrogen and oxygen atoms in total. The van der Waals surface area contributed by atoms with Crippen molar-refractivity contribution < 1.29 is 0 Å². The fourth-order valence-corrected chi connectivity index (χ4v) is 2.30. The van der Waals surface area contributed by atoms with Crippen molar-refractivity contribution in [1.82, 2.24) is 14.7 Å². The zero-order valence-corrected chi connectivity index (χ0v) is 10.1. The van der Waals surface area contributed by atoms with Crippen LogP contribution in [0.15, 0.2) is 12.4 Å². The van der Waals surface area contributed by atoms with Gasteiger partial charge in [-0.3, -0.25) is 4.68 Å². The number of hydrogen-bond acceptors (Lipinski definition) is 3.